The number of carbonyl (C=O) groups excluding carboxylic acids is 1. The molecule has 126 valence electrons. The van der Waals surface area contributed by atoms with Crippen LogP contribution in [0.2, 0.25) is 0 Å². The molecule has 4 nitrogen and oxygen atoms in total. The van der Waals surface area contributed by atoms with Gasteiger partial charge in [-0.1, -0.05) is 20.3 Å². The van der Waals surface area contributed by atoms with E-state index in [-0.39, 0.29) is 12.6 Å². The standard InChI is InChI=1S/C16H33NO3S/c1-5-10-17-16(4,15(19)20-6-2)9-7-8-11-21-13-14(3)12-18/h14,17-18H,5-13H2,1-4H3. The van der Waals surface area contributed by atoms with Crippen molar-refractivity contribution in [2.75, 3.05) is 31.3 Å². The van der Waals surface area contributed by atoms with Crippen LogP contribution >= 0.6 is 11.8 Å². The van der Waals surface area contributed by atoms with Gasteiger partial charge in [-0.3, -0.25) is 4.79 Å². The number of hydrogen-bond acceptors (Lipinski definition) is 5. The zero-order valence-electron chi connectivity index (χ0n) is 14.1. The lowest BCUT2D eigenvalue weighted by atomic mass is 9.95. The Hall–Kier alpha value is -0.260. The molecule has 2 atom stereocenters. The highest BCUT2D eigenvalue weighted by atomic mass is 32.2. The molecule has 0 aliphatic carbocycles. The first-order chi connectivity index (χ1) is 10.00. The second-order valence-corrected chi connectivity index (χ2v) is 6.95. The number of aliphatic hydroxyl groups excluding tert-OH is 1. The molecule has 0 rings (SSSR count). The van der Waals surface area contributed by atoms with Crippen molar-refractivity contribution < 1.29 is 14.6 Å². The van der Waals surface area contributed by atoms with Gasteiger partial charge in [0.15, 0.2) is 0 Å². The number of rotatable bonds is 13. The van der Waals surface area contributed by atoms with E-state index < -0.39 is 5.54 Å². The molecule has 0 heterocycles. The van der Waals surface area contributed by atoms with Gasteiger partial charge in [-0.15, -0.1) is 0 Å². The molecule has 0 aromatic heterocycles. The number of hydrogen-bond donors (Lipinski definition) is 2. The van der Waals surface area contributed by atoms with Gasteiger partial charge in [0.1, 0.15) is 5.54 Å². The predicted molar refractivity (Wildman–Crippen MR) is 90.8 cm³/mol. The summed E-state index contributed by atoms with van der Waals surface area (Å²) in [6.45, 7) is 9.46. The molecule has 0 aliphatic heterocycles. The van der Waals surface area contributed by atoms with Gasteiger partial charge < -0.3 is 15.2 Å². The summed E-state index contributed by atoms with van der Waals surface area (Å²) in [5, 5.41) is 12.3. The third-order valence-electron chi connectivity index (χ3n) is 3.42. The lowest BCUT2D eigenvalue weighted by Gasteiger charge is -2.28. The smallest absolute Gasteiger partial charge is 0.326 e. The lowest BCUT2D eigenvalue weighted by Crippen LogP contribution is -2.50. The summed E-state index contributed by atoms with van der Waals surface area (Å²) in [5.41, 5.74) is -0.560. The Morgan fingerprint density at radius 2 is 2.10 bits per heavy atom. The van der Waals surface area contributed by atoms with Crippen LogP contribution in [0.15, 0.2) is 0 Å². The van der Waals surface area contributed by atoms with Gasteiger partial charge in [-0.05, 0) is 57.1 Å². The van der Waals surface area contributed by atoms with Crippen LogP contribution < -0.4 is 5.32 Å². The maximum atomic E-state index is 12.1. The fraction of sp³-hybridized carbons (Fsp3) is 0.938. The number of nitrogens with one attached hydrogen (secondary N) is 1. The minimum absolute atomic E-state index is 0.139. The van der Waals surface area contributed by atoms with Crippen molar-refractivity contribution in [1.29, 1.82) is 0 Å². The van der Waals surface area contributed by atoms with E-state index >= 15 is 0 Å². The van der Waals surface area contributed by atoms with E-state index in [9.17, 15) is 4.79 Å². The monoisotopic (exact) mass is 319 g/mol. The number of aliphatic hydroxyl groups is 1. The van der Waals surface area contributed by atoms with Crippen LogP contribution in [0.1, 0.15) is 53.4 Å². The predicted octanol–water partition coefficient (Wildman–Crippen LogP) is 2.84. The molecule has 0 saturated carbocycles. The van der Waals surface area contributed by atoms with Crippen molar-refractivity contribution in [1.82, 2.24) is 5.32 Å². The van der Waals surface area contributed by atoms with E-state index in [2.05, 4.69) is 19.2 Å². The Labute approximate surface area is 134 Å². The third-order valence-corrected chi connectivity index (χ3v) is 4.80. The molecular formula is C16H33NO3S. The fourth-order valence-electron chi connectivity index (χ4n) is 1.97. The minimum Gasteiger partial charge on any atom is -0.465 e. The summed E-state index contributed by atoms with van der Waals surface area (Å²) >= 11 is 1.88. The molecule has 0 aromatic carbocycles. The maximum Gasteiger partial charge on any atom is 0.326 e. The second-order valence-electron chi connectivity index (χ2n) is 5.80. The Kier molecular flexibility index (Phi) is 12.1. The number of unbranched alkanes of at least 4 members (excludes halogenated alkanes) is 1. The van der Waals surface area contributed by atoms with Crippen molar-refractivity contribution in [2.24, 2.45) is 5.92 Å². The van der Waals surface area contributed by atoms with E-state index in [0.717, 1.165) is 43.7 Å². The molecule has 0 amide bonds. The zero-order valence-corrected chi connectivity index (χ0v) is 14.9. The molecule has 0 saturated heterocycles. The molecule has 0 radical (unpaired) electrons. The van der Waals surface area contributed by atoms with Gasteiger partial charge in [0.2, 0.25) is 0 Å². The molecule has 0 bridgehead atoms. The molecule has 2 unspecified atom stereocenters. The van der Waals surface area contributed by atoms with E-state index in [1.165, 1.54) is 0 Å². The minimum atomic E-state index is -0.560. The average molecular weight is 320 g/mol. The summed E-state index contributed by atoms with van der Waals surface area (Å²) in [6, 6.07) is 0. The van der Waals surface area contributed by atoms with E-state index in [4.69, 9.17) is 9.84 Å². The summed E-state index contributed by atoms with van der Waals surface area (Å²) in [7, 11) is 0. The van der Waals surface area contributed by atoms with Crippen LogP contribution in [0.5, 0.6) is 0 Å². The van der Waals surface area contributed by atoms with Gasteiger partial charge in [-0.25, -0.2) is 0 Å². The first-order valence-corrected chi connectivity index (χ1v) is 9.26. The van der Waals surface area contributed by atoms with E-state index in [1.807, 2.05) is 25.6 Å². The quantitative estimate of drug-likeness (QED) is 0.404. The van der Waals surface area contributed by atoms with Crippen LogP contribution in [0.4, 0.5) is 0 Å². The largest absolute Gasteiger partial charge is 0.465 e. The summed E-state index contributed by atoms with van der Waals surface area (Å²) in [6.07, 6.45) is 3.91. The highest BCUT2D eigenvalue weighted by Crippen LogP contribution is 2.18. The van der Waals surface area contributed by atoms with Crippen molar-refractivity contribution in [3.05, 3.63) is 0 Å². The molecule has 2 N–H and O–H groups in total. The Balaban J connectivity index is 4.03. The molecule has 0 aromatic rings. The van der Waals surface area contributed by atoms with Gasteiger partial charge >= 0.3 is 5.97 Å². The molecular weight excluding hydrogens is 286 g/mol. The normalized spacial score (nSPS) is 15.5. The zero-order chi connectivity index (χ0) is 16.1. The second kappa shape index (κ2) is 12.3. The number of thioether (sulfide) groups is 1. The van der Waals surface area contributed by atoms with Crippen LogP contribution in [0.25, 0.3) is 0 Å². The molecule has 0 fully saturated rings. The first kappa shape index (κ1) is 20.7. The fourth-order valence-corrected chi connectivity index (χ4v) is 3.06. The highest BCUT2D eigenvalue weighted by molar-refractivity contribution is 7.99. The van der Waals surface area contributed by atoms with E-state index in [1.54, 1.807) is 0 Å². The van der Waals surface area contributed by atoms with Crippen molar-refractivity contribution in [3.8, 4) is 0 Å². The van der Waals surface area contributed by atoms with E-state index in [0.29, 0.717) is 12.5 Å². The lowest BCUT2D eigenvalue weighted by molar-refractivity contribution is -0.150. The van der Waals surface area contributed by atoms with Gasteiger partial charge in [-0.2, -0.15) is 11.8 Å². The van der Waals surface area contributed by atoms with Gasteiger partial charge in [0, 0.05) is 6.61 Å². The first-order valence-electron chi connectivity index (χ1n) is 8.11. The summed E-state index contributed by atoms with van der Waals surface area (Å²) in [4.78, 5) is 12.1. The van der Waals surface area contributed by atoms with Crippen molar-refractivity contribution in [2.45, 2.75) is 58.9 Å². The summed E-state index contributed by atoms with van der Waals surface area (Å²) in [5.74, 6) is 2.31. The topological polar surface area (TPSA) is 58.6 Å². The maximum absolute atomic E-state index is 12.1. The Morgan fingerprint density at radius 3 is 2.67 bits per heavy atom. The van der Waals surface area contributed by atoms with Gasteiger partial charge in [0.25, 0.3) is 0 Å². The van der Waals surface area contributed by atoms with Crippen LogP contribution in [0, 0.1) is 5.92 Å². The average Bonchev–Trinajstić information content (AvgIpc) is 2.48. The third kappa shape index (κ3) is 9.38. The number of carbonyl (C=O) groups is 1. The molecule has 0 aliphatic rings. The van der Waals surface area contributed by atoms with Crippen LogP contribution in [-0.4, -0.2) is 47.9 Å². The van der Waals surface area contributed by atoms with Gasteiger partial charge in [0.05, 0.1) is 6.61 Å². The summed E-state index contributed by atoms with van der Waals surface area (Å²) < 4.78 is 5.19. The Bertz CT molecular complexity index is 276. The van der Waals surface area contributed by atoms with Crippen LogP contribution in [-0.2, 0) is 9.53 Å². The SMILES string of the molecule is CCCNC(C)(CCCCSCC(C)CO)C(=O)OCC. The van der Waals surface area contributed by atoms with Crippen molar-refractivity contribution in [3.63, 3.8) is 0 Å². The highest BCUT2D eigenvalue weighted by Gasteiger charge is 2.33. The Morgan fingerprint density at radius 1 is 1.38 bits per heavy atom. The molecule has 5 heteroatoms. The molecule has 21 heavy (non-hydrogen) atoms. The van der Waals surface area contributed by atoms with Crippen LogP contribution in [0.3, 0.4) is 0 Å². The van der Waals surface area contributed by atoms with Crippen molar-refractivity contribution >= 4 is 17.7 Å². The number of esters is 1. The number of ether oxygens (including phenoxy) is 1. The molecule has 0 spiro atoms.